The van der Waals surface area contributed by atoms with Gasteiger partial charge in [0.15, 0.2) is 5.76 Å². The number of benzene rings is 2. The molecule has 0 unspecified atom stereocenters. The molecule has 28 heavy (non-hydrogen) atoms. The summed E-state index contributed by atoms with van der Waals surface area (Å²) in [5, 5.41) is 3.57. The maximum Gasteiger partial charge on any atom is 0.291 e. The summed E-state index contributed by atoms with van der Waals surface area (Å²) in [6, 6.07) is 11.9. The molecule has 3 aromatic rings. The first kappa shape index (κ1) is 20.1. The zero-order valence-corrected chi connectivity index (χ0v) is 17.0. The van der Waals surface area contributed by atoms with Crippen LogP contribution in [-0.2, 0) is 21.4 Å². The third-order valence-electron chi connectivity index (χ3n) is 4.43. The summed E-state index contributed by atoms with van der Waals surface area (Å²) in [5.41, 5.74) is 2.36. The van der Waals surface area contributed by atoms with E-state index in [0.717, 1.165) is 15.3 Å². The Hall–Kier alpha value is -2.68. The number of carbonyl (C=O) groups is 1. The molecule has 0 bridgehead atoms. The molecule has 0 saturated carbocycles. The van der Waals surface area contributed by atoms with Gasteiger partial charge in [0.05, 0.1) is 11.5 Å². The topological polar surface area (TPSA) is 88.8 Å². The minimum absolute atomic E-state index is 0.0973. The molecule has 2 aromatic carbocycles. The molecule has 1 aromatic heterocycles. The quantitative estimate of drug-likeness (QED) is 0.683. The fourth-order valence-electron chi connectivity index (χ4n) is 2.86. The molecule has 0 fully saturated rings. The van der Waals surface area contributed by atoms with E-state index in [1.165, 1.54) is 26.2 Å². The first-order valence-electron chi connectivity index (χ1n) is 8.59. The minimum atomic E-state index is -3.62. The van der Waals surface area contributed by atoms with Gasteiger partial charge in [-0.1, -0.05) is 24.3 Å². The second-order valence-electron chi connectivity index (χ2n) is 6.56. The lowest BCUT2D eigenvalue weighted by Gasteiger charge is -2.14. The number of sulfonamides is 1. The number of amides is 1. The van der Waals surface area contributed by atoms with Crippen LogP contribution in [-0.4, -0.2) is 39.8 Å². The standard InChI is InChI=1S/C20H22N2O5S/c1-13-9-10-14(28(24,25)22(2)3)11-17(13)21-20(23)19-16(12-26-4)15-7-5-6-8-18(15)27-19/h5-11H,12H2,1-4H3,(H,21,23). The van der Waals surface area contributed by atoms with E-state index >= 15 is 0 Å². The number of para-hydroxylation sites is 1. The zero-order valence-electron chi connectivity index (χ0n) is 16.1. The van der Waals surface area contributed by atoms with Gasteiger partial charge in [0.2, 0.25) is 10.0 Å². The van der Waals surface area contributed by atoms with E-state index in [-0.39, 0.29) is 17.3 Å². The van der Waals surface area contributed by atoms with Crippen LogP contribution in [0.5, 0.6) is 0 Å². The number of anilines is 1. The van der Waals surface area contributed by atoms with Gasteiger partial charge in [0.1, 0.15) is 5.58 Å². The van der Waals surface area contributed by atoms with Gasteiger partial charge in [0.25, 0.3) is 5.91 Å². The van der Waals surface area contributed by atoms with Crippen LogP contribution in [0.4, 0.5) is 5.69 Å². The van der Waals surface area contributed by atoms with Gasteiger partial charge in [-0.2, -0.15) is 0 Å². The number of ether oxygens (including phenoxy) is 1. The van der Waals surface area contributed by atoms with E-state index in [1.807, 2.05) is 18.2 Å². The van der Waals surface area contributed by atoms with Crippen molar-refractivity contribution in [3.63, 3.8) is 0 Å². The van der Waals surface area contributed by atoms with Gasteiger partial charge in [0, 0.05) is 37.8 Å². The van der Waals surface area contributed by atoms with Gasteiger partial charge < -0.3 is 14.5 Å². The van der Waals surface area contributed by atoms with Gasteiger partial charge in [-0.05, 0) is 30.7 Å². The zero-order chi connectivity index (χ0) is 20.5. The van der Waals surface area contributed by atoms with Crippen molar-refractivity contribution in [2.45, 2.75) is 18.4 Å². The number of hydrogen-bond acceptors (Lipinski definition) is 5. The molecule has 7 nitrogen and oxygen atoms in total. The van der Waals surface area contributed by atoms with Gasteiger partial charge in [-0.15, -0.1) is 0 Å². The molecule has 0 radical (unpaired) electrons. The van der Waals surface area contributed by atoms with E-state index in [4.69, 9.17) is 9.15 Å². The van der Waals surface area contributed by atoms with Crippen LogP contribution in [0.3, 0.4) is 0 Å². The third-order valence-corrected chi connectivity index (χ3v) is 6.24. The Morgan fingerprint density at radius 2 is 1.89 bits per heavy atom. The molecule has 0 spiro atoms. The average Bonchev–Trinajstić information content (AvgIpc) is 3.02. The summed E-state index contributed by atoms with van der Waals surface area (Å²) >= 11 is 0. The highest BCUT2D eigenvalue weighted by Crippen LogP contribution is 2.28. The van der Waals surface area contributed by atoms with Crippen molar-refractivity contribution >= 4 is 32.6 Å². The van der Waals surface area contributed by atoms with Crippen molar-refractivity contribution < 1.29 is 22.4 Å². The SMILES string of the molecule is COCc1c(C(=O)Nc2cc(S(=O)(=O)N(C)C)ccc2C)oc2ccccc12. The predicted molar refractivity (Wildman–Crippen MR) is 107 cm³/mol. The van der Waals surface area contributed by atoms with Crippen molar-refractivity contribution in [3.05, 3.63) is 59.4 Å². The van der Waals surface area contributed by atoms with E-state index < -0.39 is 15.9 Å². The number of hydrogen-bond donors (Lipinski definition) is 1. The highest BCUT2D eigenvalue weighted by atomic mass is 32.2. The number of rotatable bonds is 6. The van der Waals surface area contributed by atoms with Crippen molar-refractivity contribution in [1.29, 1.82) is 0 Å². The molecule has 0 aliphatic rings. The van der Waals surface area contributed by atoms with E-state index in [9.17, 15) is 13.2 Å². The molecule has 1 N–H and O–H groups in total. The molecular weight excluding hydrogens is 380 g/mol. The smallest absolute Gasteiger partial charge is 0.291 e. The summed E-state index contributed by atoms with van der Waals surface area (Å²) in [7, 11) is 0.844. The number of furan rings is 1. The van der Waals surface area contributed by atoms with Crippen molar-refractivity contribution in [2.75, 3.05) is 26.5 Å². The van der Waals surface area contributed by atoms with Crippen molar-refractivity contribution in [2.24, 2.45) is 0 Å². The molecule has 8 heteroatoms. The second-order valence-corrected chi connectivity index (χ2v) is 8.71. The molecule has 1 heterocycles. The maximum atomic E-state index is 12.9. The third kappa shape index (κ3) is 3.66. The van der Waals surface area contributed by atoms with Crippen LogP contribution in [0.2, 0.25) is 0 Å². The fraction of sp³-hybridized carbons (Fsp3) is 0.250. The number of carbonyl (C=O) groups excluding carboxylic acids is 1. The molecular formula is C20H22N2O5S. The second kappa shape index (κ2) is 7.75. The Labute approximate surface area is 163 Å². The highest BCUT2D eigenvalue weighted by molar-refractivity contribution is 7.89. The van der Waals surface area contributed by atoms with Crippen LogP contribution < -0.4 is 5.32 Å². The lowest BCUT2D eigenvalue weighted by Crippen LogP contribution is -2.22. The minimum Gasteiger partial charge on any atom is -0.451 e. The number of fused-ring (bicyclic) bond motifs is 1. The predicted octanol–water partition coefficient (Wildman–Crippen LogP) is 3.39. The van der Waals surface area contributed by atoms with E-state index in [2.05, 4.69) is 5.32 Å². The van der Waals surface area contributed by atoms with Crippen LogP contribution in [0.15, 0.2) is 51.8 Å². The van der Waals surface area contributed by atoms with Crippen LogP contribution in [0.25, 0.3) is 11.0 Å². The molecule has 0 atom stereocenters. The number of aryl methyl sites for hydroxylation is 1. The molecule has 148 valence electrons. The Kier molecular flexibility index (Phi) is 5.55. The van der Waals surface area contributed by atoms with Crippen molar-refractivity contribution in [3.8, 4) is 0 Å². The normalized spacial score (nSPS) is 11.9. The van der Waals surface area contributed by atoms with Gasteiger partial charge in [-0.3, -0.25) is 4.79 Å². The Morgan fingerprint density at radius 3 is 2.57 bits per heavy atom. The van der Waals surface area contributed by atoms with Gasteiger partial charge in [-0.25, -0.2) is 12.7 Å². The maximum absolute atomic E-state index is 12.9. The average molecular weight is 402 g/mol. The summed E-state index contributed by atoms with van der Waals surface area (Å²) in [4.78, 5) is 13.0. The van der Waals surface area contributed by atoms with Crippen LogP contribution in [0, 0.1) is 6.92 Å². The largest absolute Gasteiger partial charge is 0.451 e. The van der Waals surface area contributed by atoms with E-state index in [0.29, 0.717) is 16.8 Å². The summed E-state index contributed by atoms with van der Waals surface area (Å²) in [6.45, 7) is 2.00. The van der Waals surface area contributed by atoms with Crippen LogP contribution in [0.1, 0.15) is 21.7 Å². The Bertz CT molecular complexity index is 1130. The van der Waals surface area contributed by atoms with Gasteiger partial charge >= 0.3 is 0 Å². The molecule has 0 aliphatic carbocycles. The van der Waals surface area contributed by atoms with E-state index in [1.54, 1.807) is 26.2 Å². The van der Waals surface area contributed by atoms with Crippen molar-refractivity contribution in [1.82, 2.24) is 4.31 Å². The molecule has 0 saturated heterocycles. The number of nitrogens with zero attached hydrogens (tertiary/aromatic N) is 1. The highest BCUT2D eigenvalue weighted by Gasteiger charge is 2.23. The lowest BCUT2D eigenvalue weighted by atomic mass is 10.1. The summed E-state index contributed by atoms with van der Waals surface area (Å²) in [6.07, 6.45) is 0. The first-order chi connectivity index (χ1) is 13.3. The summed E-state index contributed by atoms with van der Waals surface area (Å²) in [5.74, 6) is -0.325. The Morgan fingerprint density at radius 1 is 1.18 bits per heavy atom. The summed E-state index contributed by atoms with van der Waals surface area (Å²) < 4.78 is 36.9. The molecule has 3 rings (SSSR count). The number of nitrogens with one attached hydrogen (secondary N) is 1. The fourth-order valence-corrected chi connectivity index (χ4v) is 3.78. The first-order valence-corrected chi connectivity index (χ1v) is 10.0. The molecule has 1 amide bonds. The number of methoxy groups -OCH3 is 1. The monoisotopic (exact) mass is 402 g/mol. The lowest BCUT2D eigenvalue weighted by molar-refractivity contribution is 0.0992. The molecule has 0 aliphatic heterocycles. The van der Waals surface area contributed by atoms with Crippen LogP contribution >= 0.6 is 0 Å². The Balaban J connectivity index is 2.00.